The Balaban J connectivity index is 4.33. The maximum Gasteiger partial charge on any atom is 0.311 e. The third-order valence-electron chi connectivity index (χ3n) is 2.89. The number of aliphatic hydroxyl groups is 1. The zero-order valence-corrected chi connectivity index (χ0v) is 12.0. The van der Waals surface area contributed by atoms with Crippen LogP contribution in [-0.4, -0.2) is 23.8 Å². The Morgan fingerprint density at radius 2 is 1.88 bits per heavy atom. The number of carbonyl (C=O) groups is 1. The molecule has 0 amide bonds. The molecule has 2 atom stereocenters. The highest BCUT2D eigenvalue weighted by Crippen LogP contribution is 2.21. The minimum Gasteiger partial charge on any atom is -0.462 e. The molecule has 0 rings (SSSR count). The zero-order chi connectivity index (χ0) is 13.5. The molecule has 0 aromatic rings. The summed E-state index contributed by atoms with van der Waals surface area (Å²) in [7, 11) is 0. The molecule has 102 valence electrons. The summed E-state index contributed by atoms with van der Waals surface area (Å²) in [6.07, 6.45) is 4.02. The lowest BCUT2D eigenvalue weighted by molar-refractivity contribution is -0.162. The molecule has 0 saturated heterocycles. The van der Waals surface area contributed by atoms with Gasteiger partial charge in [-0.15, -0.1) is 0 Å². The van der Waals surface area contributed by atoms with E-state index in [9.17, 15) is 9.90 Å². The van der Waals surface area contributed by atoms with E-state index < -0.39 is 5.41 Å². The van der Waals surface area contributed by atoms with Crippen molar-refractivity contribution in [3.05, 3.63) is 0 Å². The summed E-state index contributed by atoms with van der Waals surface area (Å²) in [5.41, 5.74) is -0.474. The molecule has 1 N–H and O–H groups in total. The number of ether oxygens (including phenoxy) is 1. The number of rotatable bonds is 7. The van der Waals surface area contributed by atoms with E-state index in [0.29, 0.717) is 0 Å². The molecule has 0 aromatic carbocycles. The van der Waals surface area contributed by atoms with Gasteiger partial charge in [0.1, 0.15) is 6.10 Å². The molecular weight excluding hydrogens is 216 g/mol. The van der Waals surface area contributed by atoms with Gasteiger partial charge >= 0.3 is 5.97 Å². The number of hydrogen-bond acceptors (Lipinski definition) is 3. The van der Waals surface area contributed by atoms with Crippen LogP contribution >= 0.6 is 0 Å². The lowest BCUT2D eigenvalue weighted by atomic mass is 9.95. The van der Waals surface area contributed by atoms with Gasteiger partial charge in [-0.05, 0) is 33.6 Å². The highest BCUT2D eigenvalue weighted by molar-refractivity contribution is 5.75. The van der Waals surface area contributed by atoms with Crippen molar-refractivity contribution >= 4 is 5.97 Å². The van der Waals surface area contributed by atoms with Crippen LogP contribution in [0.4, 0.5) is 0 Å². The largest absolute Gasteiger partial charge is 0.462 e. The maximum atomic E-state index is 11.8. The number of carbonyl (C=O) groups excluding carboxylic acids is 1. The maximum absolute atomic E-state index is 11.8. The second-order valence-electron chi connectivity index (χ2n) is 5.85. The van der Waals surface area contributed by atoms with Crippen molar-refractivity contribution in [3.8, 4) is 0 Å². The van der Waals surface area contributed by atoms with Crippen molar-refractivity contribution in [2.75, 3.05) is 6.61 Å². The van der Waals surface area contributed by atoms with Crippen LogP contribution in [0.5, 0.6) is 0 Å². The SMILES string of the molecule is CCCCC[C@@H](OC(=O)C(C)(C)C)[C@H](C)CO. The first-order valence-corrected chi connectivity index (χ1v) is 6.64. The van der Waals surface area contributed by atoms with E-state index in [1.807, 2.05) is 27.7 Å². The van der Waals surface area contributed by atoms with Crippen molar-refractivity contribution in [1.29, 1.82) is 0 Å². The predicted molar refractivity (Wildman–Crippen MR) is 69.7 cm³/mol. The molecule has 0 spiro atoms. The summed E-state index contributed by atoms with van der Waals surface area (Å²) in [4.78, 5) is 11.8. The fourth-order valence-electron chi connectivity index (χ4n) is 1.49. The molecule has 0 unspecified atom stereocenters. The third kappa shape index (κ3) is 6.67. The van der Waals surface area contributed by atoms with Crippen LogP contribution in [-0.2, 0) is 9.53 Å². The minimum atomic E-state index is -0.474. The lowest BCUT2D eigenvalue weighted by Crippen LogP contribution is -2.33. The van der Waals surface area contributed by atoms with E-state index in [1.54, 1.807) is 0 Å². The number of aliphatic hydroxyl groups excluding tert-OH is 1. The molecule has 0 fully saturated rings. The highest BCUT2D eigenvalue weighted by atomic mass is 16.5. The lowest BCUT2D eigenvalue weighted by Gasteiger charge is -2.26. The van der Waals surface area contributed by atoms with Crippen molar-refractivity contribution in [3.63, 3.8) is 0 Å². The minimum absolute atomic E-state index is 0.0122. The fourth-order valence-corrected chi connectivity index (χ4v) is 1.49. The Labute approximate surface area is 106 Å². The standard InChI is InChI=1S/C14H28O3/c1-6-7-8-9-12(11(2)10-15)17-13(16)14(3,4)5/h11-12,15H,6-10H2,1-5H3/t11-,12-/m1/s1. The summed E-state index contributed by atoms with van der Waals surface area (Å²) < 4.78 is 5.52. The topological polar surface area (TPSA) is 46.5 Å². The molecule has 0 radical (unpaired) electrons. The van der Waals surface area contributed by atoms with Crippen LogP contribution in [0, 0.1) is 11.3 Å². The summed E-state index contributed by atoms with van der Waals surface area (Å²) in [6, 6.07) is 0. The van der Waals surface area contributed by atoms with Gasteiger partial charge in [-0.2, -0.15) is 0 Å². The number of unbranched alkanes of at least 4 members (excludes halogenated alkanes) is 2. The van der Waals surface area contributed by atoms with Crippen molar-refractivity contribution < 1.29 is 14.6 Å². The highest BCUT2D eigenvalue weighted by Gasteiger charge is 2.28. The van der Waals surface area contributed by atoms with Crippen LogP contribution < -0.4 is 0 Å². The Kier molecular flexibility index (Phi) is 7.44. The van der Waals surface area contributed by atoms with Crippen molar-refractivity contribution in [2.24, 2.45) is 11.3 Å². The first kappa shape index (κ1) is 16.4. The monoisotopic (exact) mass is 244 g/mol. The third-order valence-corrected chi connectivity index (χ3v) is 2.89. The smallest absolute Gasteiger partial charge is 0.311 e. The molecule has 0 bridgehead atoms. The summed E-state index contributed by atoms with van der Waals surface area (Å²) >= 11 is 0. The molecule has 3 heteroatoms. The van der Waals surface area contributed by atoms with Crippen molar-refractivity contribution in [2.45, 2.75) is 66.4 Å². The Hall–Kier alpha value is -0.570. The molecule has 0 aromatic heterocycles. The van der Waals surface area contributed by atoms with Crippen LogP contribution in [0.25, 0.3) is 0 Å². The van der Waals surface area contributed by atoms with Gasteiger partial charge in [0, 0.05) is 12.5 Å². The summed E-state index contributed by atoms with van der Waals surface area (Å²) in [5, 5.41) is 9.19. The second kappa shape index (κ2) is 7.70. The van der Waals surface area contributed by atoms with Crippen molar-refractivity contribution in [1.82, 2.24) is 0 Å². The Bertz CT molecular complexity index is 218. The van der Waals surface area contributed by atoms with Gasteiger partial charge in [-0.1, -0.05) is 26.7 Å². The normalized spacial score (nSPS) is 15.4. The van der Waals surface area contributed by atoms with E-state index in [1.165, 1.54) is 0 Å². The molecule has 17 heavy (non-hydrogen) atoms. The molecule has 0 saturated carbocycles. The van der Waals surface area contributed by atoms with E-state index in [0.717, 1.165) is 25.7 Å². The summed E-state index contributed by atoms with van der Waals surface area (Å²) in [5.74, 6) is -0.169. The molecule has 0 heterocycles. The summed E-state index contributed by atoms with van der Waals surface area (Å²) in [6.45, 7) is 9.68. The van der Waals surface area contributed by atoms with Crippen LogP contribution in [0.15, 0.2) is 0 Å². The van der Waals surface area contributed by atoms with Gasteiger partial charge in [0.25, 0.3) is 0 Å². The average molecular weight is 244 g/mol. The molecule has 3 nitrogen and oxygen atoms in total. The number of esters is 1. The van der Waals surface area contributed by atoms with Gasteiger partial charge in [-0.25, -0.2) is 0 Å². The van der Waals surface area contributed by atoms with E-state index >= 15 is 0 Å². The molecule has 0 aliphatic heterocycles. The van der Waals surface area contributed by atoms with Crippen LogP contribution in [0.2, 0.25) is 0 Å². The zero-order valence-electron chi connectivity index (χ0n) is 12.0. The first-order chi connectivity index (χ1) is 7.82. The Morgan fingerprint density at radius 1 is 1.29 bits per heavy atom. The van der Waals surface area contributed by atoms with Gasteiger partial charge < -0.3 is 9.84 Å². The number of hydrogen-bond donors (Lipinski definition) is 1. The van der Waals surface area contributed by atoms with Crippen LogP contribution in [0.3, 0.4) is 0 Å². The van der Waals surface area contributed by atoms with Gasteiger partial charge in [0.15, 0.2) is 0 Å². The van der Waals surface area contributed by atoms with E-state index in [-0.39, 0.29) is 24.6 Å². The van der Waals surface area contributed by atoms with E-state index in [4.69, 9.17) is 4.74 Å². The van der Waals surface area contributed by atoms with E-state index in [2.05, 4.69) is 6.92 Å². The predicted octanol–water partition coefficient (Wildman–Crippen LogP) is 3.15. The molecule has 0 aliphatic carbocycles. The van der Waals surface area contributed by atoms with Crippen LogP contribution in [0.1, 0.15) is 60.3 Å². The molecular formula is C14H28O3. The van der Waals surface area contributed by atoms with Gasteiger partial charge in [-0.3, -0.25) is 4.79 Å². The fraction of sp³-hybridized carbons (Fsp3) is 0.929. The first-order valence-electron chi connectivity index (χ1n) is 6.64. The second-order valence-corrected chi connectivity index (χ2v) is 5.85. The average Bonchev–Trinajstić information content (AvgIpc) is 2.25. The van der Waals surface area contributed by atoms with Gasteiger partial charge in [0.05, 0.1) is 5.41 Å². The Morgan fingerprint density at radius 3 is 2.29 bits per heavy atom. The van der Waals surface area contributed by atoms with Gasteiger partial charge in [0.2, 0.25) is 0 Å². The molecule has 0 aliphatic rings. The quantitative estimate of drug-likeness (QED) is 0.553.